The number of benzene rings is 1. The van der Waals surface area contributed by atoms with Crippen LogP contribution in [0.2, 0.25) is 0 Å². The van der Waals surface area contributed by atoms with Crippen LogP contribution in [0.25, 0.3) is 16.8 Å². The fourth-order valence-electron chi connectivity index (χ4n) is 3.36. The Morgan fingerprint density at radius 1 is 1.19 bits per heavy atom. The second-order valence-electron chi connectivity index (χ2n) is 7.23. The molecule has 0 atom stereocenters. The summed E-state index contributed by atoms with van der Waals surface area (Å²) >= 11 is 0. The van der Waals surface area contributed by atoms with Gasteiger partial charge >= 0.3 is 6.18 Å². The Bertz CT molecular complexity index is 1080. The van der Waals surface area contributed by atoms with Gasteiger partial charge in [0.25, 0.3) is 0 Å². The molecule has 3 rings (SSSR count). The van der Waals surface area contributed by atoms with Crippen LogP contribution in [0.15, 0.2) is 43.4 Å². The van der Waals surface area contributed by atoms with Gasteiger partial charge in [-0.3, -0.25) is 9.67 Å². The van der Waals surface area contributed by atoms with Gasteiger partial charge in [-0.05, 0) is 35.8 Å². The molecule has 0 aliphatic carbocycles. The molecule has 1 aromatic carbocycles. The third-order valence-corrected chi connectivity index (χ3v) is 4.81. The summed E-state index contributed by atoms with van der Waals surface area (Å²) in [6.45, 7) is 4.63. The lowest BCUT2D eigenvalue weighted by molar-refractivity contribution is -0.125. The van der Waals surface area contributed by atoms with Gasteiger partial charge in [0, 0.05) is 43.5 Å². The maximum absolute atomic E-state index is 15.0. The standard InChI is InChI=1S/C22H23F4N5/c1-13-5-15(8-28-12-22(24,25)26)6-18(23)21(13)19-7-17(20(27-3)10-29-19)14(2)16-9-30-31(4)11-16/h5-7,9-11,27-28H,2,8,12H2,1,3-4H3. The third kappa shape index (κ3) is 5.29. The van der Waals surface area contributed by atoms with E-state index in [1.165, 1.54) is 6.07 Å². The molecule has 5 nitrogen and oxygen atoms in total. The average Bonchev–Trinajstić information content (AvgIpc) is 3.12. The van der Waals surface area contributed by atoms with Crippen molar-refractivity contribution in [1.82, 2.24) is 20.1 Å². The molecule has 2 aromatic heterocycles. The van der Waals surface area contributed by atoms with Crippen LogP contribution in [0.1, 0.15) is 22.3 Å². The molecular formula is C22H23F4N5. The Morgan fingerprint density at radius 2 is 1.94 bits per heavy atom. The van der Waals surface area contributed by atoms with Crippen molar-refractivity contribution in [3.8, 4) is 11.3 Å². The first-order chi connectivity index (χ1) is 14.6. The zero-order chi connectivity index (χ0) is 22.8. The van der Waals surface area contributed by atoms with Gasteiger partial charge in [-0.2, -0.15) is 18.3 Å². The van der Waals surface area contributed by atoms with E-state index < -0.39 is 18.5 Å². The number of aromatic nitrogens is 3. The van der Waals surface area contributed by atoms with Gasteiger partial charge in [0.1, 0.15) is 5.82 Å². The highest BCUT2D eigenvalue weighted by Crippen LogP contribution is 2.33. The molecule has 2 heterocycles. The van der Waals surface area contributed by atoms with Crippen LogP contribution in [0.5, 0.6) is 0 Å². The minimum Gasteiger partial charge on any atom is -0.386 e. The van der Waals surface area contributed by atoms with E-state index in [1.807, 2.05) is 6.20 Å². The summed E-state index contributed by atoms with van der Waals surface area (Å²) in [7, 11) is 3.56. The van der Waals surface area contributed by atoms with E-state index in [2.05, 4.69) is 27.3 Å². The van der Waals surface area contributed by atoms with Gasteiger partial charge in [0.15, 0.2) is 0 Å². The van der Waals surface area contributed by atoms with Gasteiger partial charge < -0.3 is 10.6 Å². The topological polar surface area (TPSA) is 54.8 Å². The van der Waals surface area contributed by atoms with Crippen LogP contribution >= 0.6 is 0 Å². The molecule has 0 amide bonds. The first-order valence-electron chi connectivity index (χ1n) is 9.52. The number of hydrogen-bond donors (Lipinski definition) is 2. The van der Waals surface area contributed by atoms with E-state index in [4.69, 9.17) is 0 Å². The van der Waals surface area contributed by atoms with Crippen LogP contribution in [0, 0.1) is 12.7 Å². The number of hydrogen-bond acceptors (Lipinski definition) is 4. The van der Waals surface area contributed by atoms with E-state index in [0.29, 0.717) is 28.0 Å². The number of aryl methyl sites for hydroxylation is 2. The van der Waals surface area contributed by atoms with Gasteiger partial charge in [0.2, 0.25) is 0 Å². The molecule has 0 bridgehead atoms. The van der Waals surface area contributed by atoms with E-state index in [-0.39, 0.29) is 6.54 Å². The number of rotatable bonds is 7. The number of alkyl halides is 3. The van der Waals surface area contributed by atoms with Gasteiger partial charge in [-0.25, -0.2) is 4.39 Å². The van der Waals surface area contributed by atoms with Crippen molar-refractivity contribution >= 4 is 11.3 Å². The Balaban J connectivity index is 1.94. The zero-order valence-electron chi connectivity index (χ0n) is 17.4. The van der Waals surface area contributed by atoms with Crippen molar-refractivity contribution in [3.63, 3.8) is 0 Å². The maximum atomic E-state index is 15.0. The van der Waals surface area contributed by atoms with Crippen LogP contribution < -0.4 is 10.6 Å². The molecular weight excluding hydrogens is 410 g/mol. The molecule has 0 aliphatic heterocycles. The van der Waals surface area contributed by atoms with E-state index in [9.17, 15) is 17.6 Å². The first kappa shape index (κ1) is 22.5. The summed E-state index contributed by atoms with van der Waals surface area (Å²) in [6, 6.07) is 4.63. The van der Waals surface area contributed by atoms with Crippen molar-refractivity contribution in [3.05, 3.63) is 71.4 Å². The van der Waals surface area contributed by atoms with Crippen molar-refractivity contribution in [1.29, 1.82) is 0 Å². The Hall–Kier alpha value is -3.20. The van der Waals surface area contributed by atoms with Crippen LogP contribution in [0.4, 0.5) is 23.2 Å². The molecule has 0 aliphatic rings. The normalized spacial score (nSPS) is 11.6. The number of nitrogens with one attached hydrogen (secondary N) is 2. The number of halogens is 4. The summed E-state index contributed by atoms with van der Waals surface area (Å²) in [5, 5.41) is 9.50. The summed E-state index contributed by atoms with van der Waals surface area (Å²) in [4.78, 5) is 4.38. The Labute approximate surface area is 177 Å². The lowest BCUT2D eigenvalue weighted by Gasteiger charge is -2.15. The number of nitrogens with zero attached hydrogens (tertiary/aromatic N) is 3. The van der Waals surface area contributed by atoms with E-state index >= 15 is 0 Å². The minimum atomic E-state index is -4.32. The second-order valence-corrected chi connectivity index (χ2v) is 7.23. The van der Waals surface area contributed by atoms with Gasteiger partial charge in [-0.15, -0.1) is 0 Å². The summed E-state index contributed by atoms with van der Waals surface area (Å²) < 4.78 is 53.6. The van der Waals surface area contributed by atoms with Crippen LogP contribution in [-0.4, -0.2) is 34.5 Å². The van der Waals surface area contributed by atoms with Crippen LogP contribution in [0.3, 0.4) is 0 Å². The molecule has 0 spiro atoms. The first-order valence-corrected chi connectivity index (χ1v) is 9.52. The Kier molecular flexibility index (Phi) is 6.45. The maximum Gasteiger partial charge on any atom is 0.401 e. The molecule has 9 heteroatoms. The quantitative estimate of drug-likeness (QED) is 0.531. The molecule has 31 heavy (non-hydrogen) atoms. The number of anilines is 1. The average molecular weight is 433 g/mol. The predicted octanol–water partition coefficient (Wildman–Crippen LogP) is 4.68. The molecule has 0 unspecified atom stereocenters. The Morgan fingerprint density at radius 3 is 2.52 bits per heavy atom. The highest BCUT2D eigenvalue weighted by atomic mass is 19.4. The molecule has 0 saturated carbocycles. The summed E-state index contributed by atoms with van der Waals surface area (Å²) in [5.41, 5.74) is 4.69. The van der Waals surface area contributed by atoms with Crippen molar-refractivity contribution in [2.24, 2.45) is 7.05 Å². The SMILES string of the molecule is C=C(c1cnn(C)c1)c1cc(-c2c(C)cc(CNCC(F)(F)F)cc2F)ncc1NC. The zero-order valence-corrected chi connectivity index (χ0v) is 17.4. The summed E-state index contributed by atoms with van der Waals surface area (Å²) in [5.74, 6) is -0.550. The monoisotopic (exact) mass is 433 g/mol. The lowest BCUT2D eigenvalue weighted by atomic mass is 9.96. The van der Waals surface area contributed by atoms with Crippen molar-refractivity contribution < 1.29 is 17.6 Å². The highest BCUT2D eigenvalue weighted by Gasteiger charge is 2.26. The van der Waals surface area contributed by atoms with E-state index in [0.717, 1.165) is 16.8 Å². The molecule has 0 saturated heterocycles. The molecule has 2 N–H and O–H groups in total. The van der Waals surface area contributed by atoms with Crippen LogP contribution in [-0.2, 0) is 13.6 Å². The fraction of sp³-hybridized carbons (Fsp3) is 0.273. The molecule has 164 valence electrons. The molecule has 0 fully saturated rings. The largest absolute Gasteiger partial charge is 0.401 e. The van der Waals surface area contributed by atoms with Crippen molar-refractivity contribution in [2.45, 2.75) is 19.6 Å². The van der Waals surface area contributed by atoms with Gasteiger partial charge in [-0.1, -0.05) is 12.6 Å². The highest BCUT2D eigenvalue weighted by molar-refractivity contribution is 5.86. The van der Waals surface area contributed by atoms with Gasteiger partial charge in [0.05, 0.1) is 30.3 Å². The lowest BCUT2D eigenvalue weighted by Crippen LogP contribution is -2.28. The van der Waals surface area contributed by atoms with Crippen molar-refractivity contribution in [2.75, 3.05) is 18.9 Å². The fourth-order valence-corrected chi connectivity index (χ4v) is 3.36. The summed E-state index contributed by atoms with van der Waals surface area (Å²) in [6.07, 6.45) is 0.802. The third-order valence-electron chi connectivity index (χ3n) is 4.81. The predicted molar refractivity (Wildman–Crippen MR) is 113 cm³/mol. The number of pyridine rings is 1. The smallest absolute Gasteiger partial charge is 0.386 e. The minimum absolute atomic E-state index is 0.0905. The van der Waals surface area contributed by atoms with E-state index in [1.54, 1.807) is 50.2 Å². The molecule has 0 radical (unpaired) electrons. The molecule has 3 aromatic rings. The second kappa shape index (κ2) is 8.89.